The molecule has 42 heavy (non-hydrogen) atoms. The largest absolute Gasteiger partial charge is 0.395 e. The number of halogens is 5. The molecule has 0 unspecified atom stereocenters. The standard InChI is InChI=1S/C30H29F5N2O5/c31-24-23(25(32)27(34)28(35)26(24)33)29(40)36-19-9-7-18(8-10-19)30-41-21(13-37-11-1-2-20(37)15-39)12-22(42-30)17-5-3-16(14-38)4-6-17/h3-10,20-22,30,38-39H,1-2,11-15H2,(H,36,40)/t20-,21-,22+,30+/m0/s1. The molecule has 0 aliphatic carbocycles. The number of amides is 1. The molecular formula is C30H29F5N2O5. The van der Waals surface area contributed by atoms with Gasteiger partial charge in [0.05, 0.1) is 25.4 Å². The van der Waals surface area contributed by atoms with Crippen molar-refractivity contribution in [2.45, 2.75) is 50.4 Å². The Morgan fingerprint density at radius 2 is 1.48 bits per heavy atom. The van der Waals surface area contributed by atoms with Crippen LogP contribution in [0, 0.1) is 29.1 Å². The highest BCUT2D eigenvalue weighted by atomic mass is 19.2. The SMILES string of the molecule is O=C(Nc1ccc([C@@H]2O[C@H](CN3CCC[C@H]3CO)C[C@H](c3ccc(CO)cc3)O2)cc1)c1c(F)c(F)c(F)c(F)c1F. The second-order valence-electron chi connectivity index (χ2n) is 10.3. The predicted octanol–water partition coefficient (Wildman–Crippen LogP) is 5.13. The summed E-state index contributed by atoms with van der Waals surface area (Å²) >= 11 is 0. The number of carbonyl (C=O) groups excluding carboxylic acids is 1. The average Bonchev–Trinajstić information content (AvgIpc) is 3.46. The number of aliphatic hydroxyl groups is 2. The highest BCUT2D eigenvalue weighted by Crippen LogP contribution is 2.39. The molecule has 2 saturated heterocycles. The fraction of sp³-hybridized carbons (Fsp3) is 0.367. The number of nitrogens with one attached hydrogen (secondary N) is 1. The van der Waals surface area contributed by atoms with Gasteiger partial charge in [-0.15, -0.1) is 0 Å². The molecule has 7 nitrogen and oxygen atoms in total. The second-order valence-corrected chi connectivity index (χ2v) is 10.3. The minimum Gasteiger partial charge on any atom is -0.395 e. The lowest BCUT2D eigenvalue weighted by Crippen LogP contribution is -2.42. The van der Waals surface area contributed by atoms with Crippen molar-refractivity contribution in [2.24, 2.45) is 0 Å². The Morgan fingerprint density at radius 3 is 2.10 bits per heavy atom. The van der Waals surface area contributed by atoms with E-state index >= 15 is 0 Å². The van der Waals surface area contributed by atoms with Gasteiger partial charge < -0.3 is 25.0 Å². The molecule has 3 N–H and O–H groups in total. The first-order chi connectivity index (χ1) is 20.2. The lowest BCUT2D eigenvalue weighted by atomic mass is 9.99. The fourth-order valence-corrected chi connectivity index (χ4v) is 5.36. The molecule has 2 heterocycles. The minimum atomic E-state index is -2.35. The first-order valence-corrected chi connectivity index (χ1v) is 13.5. The first kappa shape index (κ1) is 30.1. The van der Waals surface area contributed by atoms with Crippen LogP contribution in [0.15, 0.2) is 48.5 Å². The Labute approximate surface area is 238 Å². The predicted molar refractivity (Wildman–Crippen MR) is 141 cm³/mol. The summed E-state index contributed by atoms with van der Waals surface area (Å²) in [6.07, 6.45) is 0.966. The lowest BCUT2D eigenvalue weighted by Gasteiger charge is -2.38. The molecule has 4 atom stereocenters. The lowest BCUT2D eigenvalue weighted by molar-refractivity contribution is -0.253. The van der Waals surface area contributed by atoms with Gasteiger partial charge in [0, 0.05) is 30.3 Å². The van der Waals surface area contributed by atoms with Crippen molar-refractivity contribution in [3.05, 3.63) is 99.9 Å². The number of anilines is 1. The van der Waals surface area contributed by atoms with Gasteiger partial charge in [-0.2, -0.15) is 0 Å². The fourth-order valence-electron chi connectivity index (χ4n) is 5.36. The van der Waals surface area contributed by atoms with Crippen LogP contribution in [0.5, 0.6) is 0 Å². The monoisotopic (exact) mass is 592 g/mol. The summed E-state index contributed by atoms with van der Waals surface area (Å²) in [6, 6.07) is 13.3. The van der Waals surface area contributed by atoms with E-state index in [-0.39, 0.29) is 37.2 Å². The van der Waals surface area contributed by atoms with E-state index in [1.165, 1.54) is 12.1 Å². The molecule has 2 fully saturated rings. The van der Waals surface area contributed by atoms with Gasteiger partial charge in [-0.25, -0.2) is 22.0 Å². The molecule has 3 aromatic rings. The molecule has 0 spiro atoms. The molecule has 5 rings (SSSR count). The van der Waals surface area contributed by atoms with E-state index in [4.69, 9.17) is 9.47 Å². The van der Waals surface area contributed by atoms with Crippen LogP contribution in [0.25, 0.3) is 0 Å². The summed E-state index contributed by atoms with van der Waals surface area (Å²) in [5, 5.41) is 21.3. The van der Waals surface area contributed by atoms with Crippen molar-refractivity contribution in [3.8, 4) is 0 Å². The van der Waals surface area contributed by atoms with E-state index in [2.05, 4.69) is 10.2 Å². The Bertz CT molecular complexity index is 1390. The zero-order valence-corrected chi connectivity index (χ0v) is 22.3. The maximum atomic E-state index is 14.1. The number of nitrogens with zero attached hydrogens (tertiary/aromatic N) is 1. The number of likely N-dealkylation sites (tertiary alicyclic amines) is 1. The summed E-state index contributed by atoms with van der Waals surface area (Å²) in [4.78, 5) is 14.6. The molecule has 224 valence electrons. The van der Waals surface area contributed by atoms with E-state index in [9.17, 15) is 37.0 Å². The Morgan fingerprint density at radius 1 is 0.857 bits per heavy atom. The maximum absolute atomic E-state index is 14.1. The van der Waals surface area contributed by atoms with Gasteiger partial charge in [-0.1, -0.05) is 36.4 Å². The molecule has 0 radical (unpaired) electrons. The summed E-state index contributed by atoms with van der Waals surface area (Å²) in [5.74, 6) is -12.7. The number of hydrogen-bond acceptors (Lipinski definition) is 6. The number of ether oxygens (including phenoxy) is 2. The molecule has 12 heteroatoms. The molecule has 0 bridgehead atoms. The summed E-state index contributed by atoms with van der Waals surface area (Å²) in [7, 11) is 0. The smallest absolute Gasteiger partial charge is 0.261 e. The first-order valence-electron chi connectivity index (χ1n) is 13.5. The third-order valence-electron chi connectivity index (χ3n) is 7.64. The molecule has 1 amide bonds. The van der Waals surface area contributed by atoms with Crippen LogP contribution in [0.4, 0.5) is 27.6 Å². The minimum absolute atomic E-state index is 0.0408. The van der Waals surface area contributed by atoms with Crippen LogP contribution in [0.1, 0.15) is 58.7 Å². The normalized spacial score (nSPS) is 22.8. The van der Waals surface area contributed by atoms with Crippen LogP contribution >= 0.6 is 0 Å². The van der Waals surface area contributed by atoms with Crippen LogP contribution < -0.4 is 5.32 Å². The third kappa shape index (κ3) is 6.18. The van der Waals surface area contributed by atoms with E-state index < -0.39 is 46.8 Å². The zero-order chi connectivity index (χ0) is 30.0. The van der Waals surface area contributed by atoms with E-state index in [0.29, 0.717) is 18.5 Å². The summed E-state index contributed by atoms with van der Waals surface area (Å²) in [5.41, 5.74) is 0.656. The van der Waals surface area contributed by atoms with Crippen molar-refractivity contribution in [2.75, 3.05) is 25.0 Å². The van der Waals surface area contributed by atoms with Gasteiger partial charge >= 0.3 is 0 Å². The topological polar surface area (TPSA) is 91.3 Å². The van der Waals surface area contributed by atoms with E-state index in [1.807, 2.05) is 24.3 Å². The van der Waals surface area contributed by atoms with Gasteiger partial charge in [-0.05, 0) is 42.6 Å². The maximum Gasteiger partial charge on any atom is 0.261 e. The van der Waals surface area contributed by atoms with Crippen LogP contribution in [-0.2, 0) is 16.1 Å². The summed E-state index contributed by atoms with van der Waals surface area (Å²) < 4.78 is 81.2. The quantitative estimate of drug-likeness (QED) is 0.191. The Hall–Kier alpha value is -3.42. The van der Waals surface area contributed by atoms with E-state index in [0.717, 1.165) is 30.5 Å². The number of hydrogen-bond donors (Lipinski definition) is 3. The summed E-state index contributed by atoms with van der Waals surface area (Å²) in [6.45, 7) is 1.37. The van der Waals surface area contributed by atoms with Crippen molar-refractivity contribution < 1.29 is 46.4 Å². The molecule has 2 aliphatic rings. The highest BCUT2D eigenvalue weighted by molar-refractivity contribution is 6.04. The van der Waals surface area contributed by atoms with Crippen molar-refractivity contribution in [1.82, 2.24) is 4.90 Å². The Balaban J connectivity index is 1.34. The Kier molecular flexibility index (Phi) is 9.19. The average molecular weight is 593 g/mol. The van der Waals surface area contributed by atoms with E-state index in [1.54, 1.807) is 12.1 Å². The molecule has 0 saturated carbocycles. The number of rotatable bonds is 8. The number of benzene rings is 3. The van der Waals surface area contributed by atoms with Crippen molar-refractivity contribution in [1.29, 1.82) is 0 Å². The van der Waals surface area contributed by atoms with Crippen LogP contribution in [0.3, 0.4) is 0 Å². The van der Waals surface area contributed by atoms with Crippen molar-refractivity contribution in [3.63, 3.8) is 0 Å². The molecule has 0 aromatic heterocycles. The molecule has 3 aromatic carbocycles. The van der Waals surface area contributed by atoms with Gasteiger partial charge in [0.15, 0.2) is 29.6 Å². The van der Waals surface area contributed by atoms with Gasteiger partial charge in [0.2, 0.25) is 5.82 Å². The van der Waals surface area contributed by atoms with Gasteiger partial charge in [0.25, 0.3) is 5.91 Å². The highest BCUT2D eigenvalue weighted by Gasteiger charge is 2.35. The zero-order valence-electron chi connectivity index (χ0n) is 22.3. The number of aliphatic hydroxyl groups excluding tert-OH is 2. The third-order valence-corrected chi connectivity index (χ3v) is 7.64. The van der Waals surface area contributed by atoms with Crippen LogP contribution in [-0.4, -0.2) is 52.9 Å². The van der Waals surface area contributed by atoms with Crippen LogP contribution in [0.2, 0.25) is 0 Å². The van der Waals surface area contributed by atoms with Crippen molar-refractivity contribution >= 4 is 11.6 Å². The second kappa shape index (κ2) is 12.8. The van der Waals surface area contributed by atoms with Gasteiger partial charge in [-0.3, -0.25) is 9.69 Å². The molecule has 2 aliphatic heterocycles. The molecular weight excluding hydrogens is 563 g/mol. The van der Waals surface area contributed by atoms with Gasteiger partial charge in [0.1, 0.15) is 5.56 Å². The number of carbonyl (C=O) groups is 1.